The zero-order valence-electron chi connectivity index (χ0n) is 10.4. The van der Waals surface area contributed by atoms with E-state index in [-0.39, 0.29) is 0 Å². The largest absolute Gasteiger partial charge is 0.489 e. The molecule has 3 heteroatoms. The molecule has 0 aliphatic rings. The predicted molar refractivity (Wildman–Crippen MR) is 73.5 cm³/mol. The molecule has 1 aromatic carbocycles. The fourth-order valence-corrected chi connectivity index (χ4v) is 1.26. The molecule has 0 fully saturated rings. The summed E-state index contributed by atoms with van der Waals surface area (Å²) in [5, 5.41) is 0. The van der Waals surface area contributed by atoms with Crippen molar-refractivity contribution >= 4 is 0 Å². The smallest absolute Gasteiger partial charge is 0.127 e. The highest BCUT2D eigenvalue weighted by molar-refractivity contribution is 5.42. The minimum atomic E-state index is 0.436. The van der Waals surface area contributed by atoms with Gasteiger partial charge in [0.1, 0.15) is 37.1 Å². The first-order valence-electron chi connectivity index (χ1n) is 5.66. The molecule has 0 aliphatic heterocycles. The van der Waals surface area contributed by atoms with Gasteiger partial charge in [0.15, 0.2) is 0 Å². The second-order valence-corrected chi connectivity index (χ2v) is 3.44. The van der Waals surface area contributed by atoms with Crippen molar-refractivity contribution < 1.29 is 14.2 Å². The van der Waals surface area contributed by atoms with Gasteiger partial charge in [-0.15, -0.1) is 0 Å². The summed E-state index contributed by atoms with van der Waals surface area (Å²) in [6, 6.07) is 5.40. The molecule has 0 aromatic heterocycles. The van der Waals surface area contributed by atoms with E-state index in [1.54, 1.807) is 36.4 Å². The topological polar surface area (TPSA) is 27.7 Å². The van der Waals surface area contributed by atoms with Crippen LogP contribution in [0.4, 0.5) is 0 Å². The summed E-state index contributed by atoms with van der Waals surface area (Å²) < 4.78 is 16.4. The quantitative estimate of drug-likeness (QED) is 0.625. The summed E-state index contributed by atoms with van der Waals surface area (Å²) in [7, 11) is 0. The zero-order valence-corrected chi connectivity index (χ0v) is 10.4. The van der Waals surface area contributed by atoms with E-state index in [9.17, 15) is 0 Å². The van der Waals surface area contributed by atoms with E-state index in [1.165, 1.54) is 0 Å². The molecular formula is C15H18O3. The van der Waals surface area contributed by atoms with Gasteiger partial charge in [-0.1, -0.05) is 38.0 Å². The maximum Gasteiger partial charge on any atom is 0.127 e. The van der Waals surface area contributed by atoms with Gasteiger partial charge in [-0.05, 0) is 0 Å². The van der Waals surface area contributed by atoms with E-state index in [1.807, 2.05) is 0 Å². The van der Waals surface area contributed by atoms with E-state index in [4.69, 9.17) is 14.2 Å². The van der Waals surface area contributed by atoms with Crippen LogP contribution < -0.4 is 14.2 Å². The first kappa shape index (κ1) is 13.9. The summed E-state index contributed by atoms with van der Waals surface area (Å²) in [5.41, 5.74) is 0. The number of hydrogen-bond donors (Lipinski definition) is 0. The summed E-state index contributed by atoms with van der Waals surface area (Å²) in [6.07, 6.45) is 5.05. The first-order chi connectivity index (χ1) is 8.80. The van der Waals surface area contributed by atoms with Crippen LogP contribution >= 0.6 is 0 Å². The molecule has 0 heterocycles. The highest BCUT2D eigenvalue weighted by Crippen LogP contribution is 2.28. The van der Waals surface area contributed by atoms with Crippen LogP contribution in [0.15, 0.2) is 56.2 Å². The summed E-state index contributed by atoms with van der Waals surface area (Å²) in [4.78, 5) is 0. The Labute approximate surface area is 108 Å². The third-order valence-corrected chi connectivity index (χ3v) is 1.96. The molecule has 0 saturated heterocycles. The lowest BCUT2D eigenvalue weighted by molar-refractivity contribution is 0.328. The molecule has 1 rings (SSSR count). The maximum absolute atomic E-state index is 5.47. The zero-order chi connectivity index (χ0) is 13.2. The van der Waals surface area contributed by atoms with Crippen molar-refractivity contribution in [1.29, 1.82) is 0 Å². The Morgan fingerprint density at radius 3 is 1.17 bits per heavy atom. The number of ether oxygens (including phenoxy) is 3. The van der Waals surface area contributed by atoms with E-state index in [0.29, 0.717) is 37.1 Å². The molecule has 0 spiro atoms. The minimum absolute atomic E-state index is 0.436. The summed E-state index contributed by atoms with van der Waals surface area (Å²) >= 11 is 0. The highest BCUT2D eigenvalue weighted by atomic mass is 16.5. The Balaban J connectivity index is 2.83. The van der Waals surface area contributed by atoms with Crippen LogP contribution in [0.5, 0.6) is 17.2 Å². The molecule has 0 aliphatic carbocycles. The SMILES string of the molecule is C=CCOc1cc(OCC=C)cc(OCC=C)c1. The third kappa shape index (κ3) is 4.78. The second kappa shape index (κ2) is 8.01. The van der Waals surface area contributed by atoms with Gasteiger partial charge in [0.05, 0.1) is 0 Å². The van der Waals surface area contributed by atoms with Gasteiger partial charge in [0.2, 0.25) is 0 Å². The van der Waals surface area contributed by atoms with Crippen molar-refractivity contribution in [3.63, 3.8) is 0 Å². The fraction of sp³-hybridized carbons (Fsp3) is 0.200. The van der Waals surface area contributed by atoms with Crippen molar-refractivity contribution in [1.82, 2.24) is 0 Å². The summed E-state index contributed by atoms with van der Waals surface area (Å²) in [6.45, 7) is 12.1. The lowest BCUT2D eigenvalue weighted by Gasteiger charge is -2.11. The maximum atomic E-state index is 5.47. The van der Waals surface area contributed by atoms with E-state index < -0.39 is 0 Å². The third-order valence-electron chi connectivity index (χ3n) is 1.96. The molecule has 18 heavy (non-hydrogen) atoms. The highest BCUT2D eigenvalue weighted by Gasteiger charge is 2.03. The van der Waals surface area contributed by atoms with Gasteiger partial charge in [0, 0.05) is 18.2 Å². The van der Waals surface area contributed by atoms with Crippen LogP contribution in [-0.4, -0.2) is 19.8 Å². The lowest BCUT2D eigenvalue weighted by Crippen LogP contribution is -1.99. The number of hydrogen-bond acceptors (Lipinski definition) is 3. The van der Waals surface area contributed by atoms with Gasteiger partial charge in [-0.3, -0.25) is 0 Å². The molecule has 96 valence electrons. The van der Waals surface area contributed by atoms with Crippen LogP contribution in [0.1, 0.15) is 0 Å². The molecule has 0 bridgehead atoms. The molecule has 0 radical (unpaired) electrons. The molecule has 3 nitrogen and oxygen atoms in total. The Hall–Kier alpha value is -2.16. The fourth-order valence-electron chi connectivity index (χ4n) is 1.26. The van der Waals surface area contributed by atoms with Crippen LogP contribution in [0.25, 0.3) is 0 Å². The molecule has 1 aromatic rings. The summed E-state index contributed by atoms with van der Waals surface area (Å²) in [5.74, 6) is 2.03. The van der Waals surface area contributed by atoms with E-state index >= 15 is 0 Å². The molecule has 0 unspecified atom stereocenters. The number of benzene rings is 1. The average Bonchev–Trinajstić information content (AvgIpc) is 2.40. The van der Waals surface area contributed by atoms with E-state index in [2.05, 4.69) is 19.7 Å². The molecule has 0 N–H and O–H groups in total. The van der Waals surface area contributed by atoms with Crippen LogP contribution in [0.2, 0.25) is 0 Å². The van der Waals surface area contributed by atoms with Crippen molar-refractivity contribution in [3.05, 3.63) is 56.2 Å². The van der Waals surface area contributed by atoms with Crippen molar-refractivity contribution in [2.75, 3.05) is 19.8 Å². The predicted octanol–water partition coefficient (Wildman–Crippen LogP) is 3.38. The van der Waals surface area contributed by atoms with Gasteiger partial charge >= 0.3 is 0 Å². The van der Waals surface area contributed by atoms with Gasteiger partial charge in [0.25, 0.3) is 0 Å². The van der Waals surface area contributed by atoms with Crippen molar-refractivity contribution in [3.8, 4) is 17.2 Å². The Morgan fingerprint density at radius 1 is 0.667 bits per heavy atom. The van der Waals surface area contributed by atoms with Crippen LogP contribution in [0, 0.1) is 0 Å². The monoisotopic (exact) mass is 246 g/mol. The number of rotatable bonds is 9. The van der Waals surface area contributed by atoms with Crippen LogP contribution in [-0.2, 0) is 0 Å². The standard InChI is InChI=1S/C15H18O3/c1-4-7-16-13-10-14(17-8-5-2)12-15(11-13)18-9-6-3/h4-6,10-12H,1-3,7-9H2. The minimum Gasteiger partial charge on any atom is -0.489 e. The van der Waals surface area contributed by atoms with Gasteiger partial charge in [-0.25, -0.2) is 0 Å². The second-order valence-electron chi connectivity index (χ2n) is 3.44. The van der Waals surface area contributed by atoms with E-state index in [0.717, 1.165) is 0 Å². The molecule has 0 amide bonds. The van der Waals surface area contributed by atoms with Gasteiger partial charge < -0.3 is 14.2 Å². The molecule has 0 saturated carbocycles. The van der Waals surface area contributed by atoms with Gasteiger partial charge in [-0.2, -0.15) is 0 Å². The first-order valence-corrected chi connectivity index (χ1v) is 5.66. The van der Waals surface area contributed by atoms with Crippen LogP contribution in [0.3, 0.4) is 0 Å². The lowest BCUT2D eigenvalue weighted by atomic mass is 10.3. The average molecular weight is 246 g/mol. The molecule has 0 atom stereocenters. The Morgan fingerprint density at radius 2 is 0.944 bits per heavy atom. The Kier molecular flexibility index (Phi) is 6.19. The normalized spacial score (nSPS) is 9.33. The van der Waals surface area contributed by atoms with Crippen molar-refractivity contribution in [2.24, 2.45) is 0 Å². The molecular weight excluding hydrogens is 228 g/mol. The Bertz CT molecular complexity index is 336. The van der Waals surface area contributed by atoms with Crippen molar-refractivity contribution in [2.45, 2.75) is 0 Å².